The quantitative estimate of drug-likeness (QED) is 0.854. The van der Waals surface area contributed by atoms with Gasteiger partial charge in [-0.05, 0) is 24.5 Å². The van der Waals surface area contributed by atoms with Crippen LogP contribution in [-0.2, 0) is 17.8 Å². The van der Waals surface area contributed by atoms with Crippen LogP contribution in [0.5, 0.6) is 0 Å². The Kier molecular flexibility index (Phi) is 5.12. The van der Waals surface area contributed by atoms with Crippen LogP contribution in [0.15, 0.2) is 12.1 Å². The Morgan fingerprint density at radius 1 is 1.33 bits per heavy atom. The van der Waals surface area contributed by atoms with Gasteiger partial charge in [-0.1, -0.05) is 37.0 Å². The van der Waals surface area contributed by atoms with Gasteiger partial charge < -0.3 is 9.67 Å². The number of halogens is 2. The lowest BCUT2D eigenvalue weighted by molar-refractivity contribution is -0.137. The van der Waals surface area contributed by atoms with Crippen molar-refractivity contribution in [3.63, 3.8) is 0 Å². The van der Waals surface area contributed by atoms with Gasteiger partial charge in [0.2, 0.25) is 0 Å². The van der Waals surface area contributed by atoms with Crippen LogP contribution < -0.4 is 0 Å². The van der Waals surface area contributed by atoms with E-state index in [1.807, 2.05) is 4.57 Å². The molecule has 0 spiro atoms. The second kappa shape index (κ2) is 6.67. The summed E-state index contributed by atoms with van der Waals surface area (Å²) in [7, 11) is 0. The smallest absolute Gasteiger partial charge is 0.305 e. The Labute approximate surface area is 133 Å². The van der Waals surface area contributed by atoms with Crippen molar-refractivity contribution >= 4 is 40.2 Å². The van der Waals surface area contributed by atoms with E-state index in [2.05, 4.69) is 18.8 Å². The summed E-state index contributed by atoms with van der Waals surface area (Å²) in [4.78, 5) is 15.4. The number of hydrogen-bond donors (Lipinski definition) is 1. The summed E-state index contributed by atoms with van der Waals surface area (Å²) in [6.45, 7) is 4.69. The third-order valence-corrected chi connectivity index (χ3v) is 4.09. The molecule has 0 bridgehead atoms. The van der Waals surface area contributed by atoms with Crippen LogP contribution >= 0.6 is 23.2 Å². The van der Waals surface area contributed by atoms with Gasteiger partial charge in [0.25, 0.3) is 0 Å². The maximum absolute atomic E-state index is 10.8. The highest BCUT2D eigenvalue weighted by atomic mass is 35.5. The fourth-order valence-corrected chi connectivity index (χ4v) is 2.55. The number of imidazole rings is 1. The molecule has 0 atom stereocenters. The number of nitrogens with zero attached hydrogens (tertiary/aromatic N) is 2. The molecular weight excluding hydrogens is 311 g/mol. The van der Waals surface area contributed by atoms with Gasteiger partial charge in [-0.25, -0.2) is 4.98 Å². The van der Waals surface area contributed by atoms with E-state index in [4.69, 9.17) is 28.3 Å². The van der Waals surface area contributed by atoms with E-state index < -0.39 is 5.97 Å². The number of hydrogen-bond acceptors (Lipinski definition) is 2. The van der Waals surface area contributed by atoms with Crippen LogP contribution in [0.1, 0.15) is 32.5 Å². The maximum Gasteiger partial charge on any atom is 0.305 e. The number of aromatic nitrogens is 2. The lowest BCUT2D eigenvalue weighted by atomic mass is 10.1. The van der Waals surface area contributed by atoms with E-state index in [1.165, 1.54) is 0 Å². The maximum atomic E-state index is 10.8. The van der Waals surface area contributed by atoms with E-state index in [0.717, 1.165) is 29.7 Å². The SMILES string of the molecule is CC(C)CCc1nc2cc(Cl)c(Cl)cc2n1CCC(=O)O. The number of fused-ring (bicyclic) bond motifs is 1. The molecule has 0 saturated heterocycles. The zero-order valence-electron chi connectivity index (χ0n) is 12.1. The zero-order chi connectivity index (χ0) is 15.6. The Morgan fingerprint density at radius 2 is 2.00 bits per heavy atom. The van der Waals surface area contributed by atoms with Crippen molar-refractivity contribution in [3.8, 4) is 0 Å². The fourth-order valence-electron chi connectivity index (χ4n) is 2.24. The third-order valence-electron chi connectivity index (χ3n) is 3.36. The average molecular weight is 329 g/mol. The first kappa shape index (κ1) is 16.1. The van der Waals surface area contributed by atoms with Crippen molar-refractivity contribution in [1.82, 2.24) is 9.55 Å². The highest BCUT2D eigenvalue weighted by Crippen LogP contribution is 2.29. The fraction of sp³-hybridized carbons (Fsp3) is 0.467. The standard InChI is InChI=1S/C15H18Cl2N2O2/c1-9(2)3-4-14-18-12-7-10(16)11(17)8-13(12)19(14)6-5-15(20)21/h7-9H,3-6H2,1-2H3,(H,20,21). The highest BCUT2D eigenvalue weighted by Gasteiger charge is 2.14. The summed E-state index contributed by atoms with van der Waals surface area (Å²) in [5.74, 6) is 0.620. The Bertz CT molecular complexity index is 665. The number of carboxylic acids is 1. The molecule has 21 heavy (non-hydrogen) atoms. The molecule has 0 aliphatic carbocycles. The lowest BCUT2D eigenvalue weighted by Gasteiger charge is -2.09. The summed E-state index contributed by atoms with van der Waals surface area (Å²) in [6.07, 6.45) is 1.86. The summed E-state index contributed by atoms with van der Waals surface area (Å²) >= 11 is 12.1. The molecule has 0 aliphatic rings. The number of aryl methyl sites for hydroxylation is 2. The molecule has 0 unspecified atom stereocenters. The van der Waals surface area contributed by atoms with Crippen LogP contribution in [0.4, 0.5) is 0 Å². The summed E-state index contributed by atoms with van der Waals surface area (Å²) in [5.41, 5.74) is 1.60. The minimum Gasteiger partial charge on any atom is -0.481 e. The second-order valence-electron chi connectivity index (χ2n) is 5.51. The van der Waals surface area contributed by atoms with E-state index in [9.17, 15) is 4.79 Å². The topological polar surface area (TPSA) is 55.1 Å². The van der Waals surface area contributed by atoms with E-state index >= 15 is 0 Å². The molecule has 6 heteroatoms. The summed E-state index contributed by atoms with van der Waals surface area (Å²) < 4.78 is 1.94. The van der Waals surface area contributed by atoms with Crippen LogP contribution in [0.25, 0.3) is 11.0 Å². The summed E-state index contributed by atoms with van der Waals surface area (Å²) in [5, 5.41) is 9.83. The summed E-state index contributed by atoms with van der Waals surface area (Å²) in [6, 6.07) is 3.49. The molecule has 114 valence electrons. The van der Waals surface area contributed by atoms with Gasteiger partial charge >= 0.3 is 5.97 Å². The van der Waals surface area contributed by atoms with Gasteiger partial charge in [-0.3, -0.25) is 4.79 Å². The number of aliphatic carboxylic acids is 1. The molecular formula is C15H18Cl2N2O2. The van der Waals surface area contributed by atoms with Gasteiger partial charge in [-0.15, -0.1) is 0 Å². The van der Waals surface area contributed by atoms with Crippen molar-refractivity contribution in [3.05, 3.63) is 28.0 Å². The van der Waals surface area contributed by atoms with Gasteiger partial charge in [0.15, 0.2) is 0 Å². The zero-order valence-corrected chi connectivity index (χ0v) is 13.6. The van der Waals surface area contributed by atoms with Crippen molar-refractivity contribution in [2.75, 3.05) is 0 Å². The van der Waals surface area contributed by atoms with Crippen molar-refractivity contribution < 1.29 is 9.90 Å². The lowest BCUT2D eigenvalue weighted by Crippen LogP contribution is -2.09. The number of carboxylic acid groups (broad SMARTS) is 1. The van der Waals surface area contributed by atoms with Crippen LogP contribution in [-0.4, -0.2) is 20.6 Å². The van der Waals surface area contributed by atoms with E-state index in [0.29, 0.717) is 22.5 Å². The largest absolute Gasteiger partial charge is 0.481 e. The van der Waals surface area contributed by atoms with Crippen LogP contribution in [0, 0.1) is 5.92 Å². The molecule has 1 heterocycles. The minimum absolute atomic E-state index is 0.0559. The monoisotopic (exact) mass is 328 g/mol. The molecule has 4 nitrogen and oxygen atoms in total. The Balaban J connectivity index is 2.43. The van der Waals surface area contributed by atoms with Gasteiger partial charge in [0.1, 0.15) is 5.82 Å². The van der Waals surface area contributed by atoms with E-state index in [-0.39, 0.29) is 6.42 Å². The first-order valence-corrected chi connectivity index (χ1v) is 7.70. The number of benzene rings is 1. The normalized spacial score (nSPS) is 11.5. The Hall–Kier alpha value is -1.26. The van der Waals surface area contributed by atoms with E-state index in [1.54, 1.807) is 12.1 Å². The molecule has 2 rings (SSSR count). The molecule has 0 radical (unpaired) electrons. The predicted molar refractivity (Wildman–Crippen MR) is 85.2 cm³/mol. The molecule has 0 amide bonds. The molecule has 1 aromatic heterocycles. The third kappa shape index (κ3) is 3.89. The van der Waals surface area contributed by atoms with Crippen molar-refractivity contribution in [2.24, 2.45) is 5.92 Å². The van der Waals surface area contributed by atoms with Crippen LogP contribution in [0.3, 0.4) is 0 Å². The molecule has 0 fully saturated rings. The highest BCUT2D eigenvalue weighted by molar-refractivity contribution is 6.42. The second-order valence-corrected chi connectivity index (χ2v) is 6.33. The van der Waals surface area contributed by atoms with Crippen LogP contribution in [0.2, 0.25) is 10.0 Å². The first-order valence-electron chi connectivity index (χ1n) is 6.94. The predicted octanol–water partition coefficient (Wildman–Crippen LogP) is 4.41. The first-order chi connectivity index (χ1) is 9.88. The van der Waals surface area contributed by atoms with Gasteiger partial charge in [0.05, 0.1) is 27.5 Å². The number of rotatable bonds is 6. The van der Waals surface area contributed by atoms with Crippen molar-refractivity contribution in [2.45, 2.75) is 39.7 Å². The molecule has 1 N–H and O–H groups in total. The van der Waals surface area contributed by atoms with Crippen molar-refractivity contribution in [1.29, 1.82) is 0 Å². The van der Waals surface area contributed by atoms with Gasteiger partial charge in [-0.2, -0.15) is 0 Å². The van der Waals surface area contributed by atoms with Gasteiger partial charge in [0, 0.05) is 13.0 Å². The minimum atomic E-state index is -0.827. The number of carbonyl (C=O) groups is 1. The molecule has 0 saturated carbocycles. The Morgan fingerprint density at radius 3 is 2.62 bits per heavy atom. The molecule has 2 aromatic rings. The molecule has 0 aliphatic heterocycles. The molecule has 1 aromatic carbocycles. The average Bonchev–Trinajstić information content (AvgIpc) is 2.71.